The van der Waals surface area contributed by atoms with Crippen molar-refractivity contribution >= 4 is 16.7 Å². The third kappa shape index (κ3) is 3.76. The molecule has 0 unspecified atom stereocenters. The molecule has 0 heterocycles. The zero-order valence-corrected chi connectivity index (χ0v) is 12.2. The maximum atomic E-state index is 10.9. The molecule has 2 aromatic carbocycles. The molecule has 1 radical (unpaired) electrons. The van der Waals surface area contributed by atoms with E-state index in [0.717, 1.165) is 10.9 Å². The summed E-state index contributed by atoms with van der Waals surface area (Å²) < 4.78 is 4.91. The Bertz CT molecular complexity index is 534. The molecule has 17 heavy (non-hydrogen) atoms. The van der Waals surface area contributed by atoms with E-state index in [4.69, 9.17) is 4.74 Å². The van der Waals surface area contributed by atoms with Crippen molar-refractivity contribution in [2.24, 2.45) is 0 Å². The molecule has 0 aliphatic carbocycles. The summed E-state index contributed by atoms with van der Waals surface area (Å²) in [6.45, 7) is 3.48. The fraction of sp³-hybridized carbons (Fsp3) is 0.0714. The van der Waals surface area contributed by atoms with Gasteiger partial charge >= 0.3 is 0 Å². The third-order valence-corrected chi connectivity index (χ3v) is 2.33. The van der Waals surface area contributed by atoms with Crippen molar-refractivity contribution in [3.05, 3.63) is 60.7 Å². The molecule has 2 rings (SSSR count). The van der Waals surface area contributed by atoms with Gasteiger partial charge in [0.15, 0.2) is 0 Å². The molecule has 83 valence electrons. The summed E-state index contributed by atoms with van der Waals surface area (Å²) in [5.41, 5.74) is 0.960. The molecule has 2 nitrogen and oxygen atoms in total. The van der Waals surface area contributed by atoms with Gasteiger partial charge in [-0.15, -0.1) is 0 Å². The largest absolute Gasteiger partial charge is 0.485 e. The molecule has 0 fully saturated rings. The summed E-state index contributed by atoms with van der Waals surface area (Å²) in [4.78, 5) is 10.9. The van der Waals surface area contributed by atoms with Crippen molar-refractivity contribution < 1.29 is 42.2 Å². The number of benzene rings is 2. The van der Waals surface area contributed by atoms with Crippen molar-refractivity contribution in [2.75, 3.05) is 0 Å². The van der Waals surface area contributed by atoms with Crippen LogP contribution in [0, 0.1) is 6.08 Å². The van der Waals surface area contributed by atoms with Crippen LogP contribution in [0.5, 0.6) is 0 Å². The summed E-state index contributed by atoms with van der Waals surface area (Å²) in [5, 5.41) is 2.31. The van der Waals surface area contributed by atoms with Crippen LogP contribution >= 0.6 is 0 Å². The van der Waals surface area contributed by atoms with E-state index in [-0.39, 0.29) is 39.3 Å². The van der Waals surface area contributed by atoms with Crippen molar-refractivity contribution in [1.29, 1.82) is 0 Å². The van der Waals surface area contributed by atoms with Crippen LogP contribution in [0.25, 0.3) is 10.8 Å². The van der Waals surface area contributed by atoms with Crippen LogP contribution in [0.15, 0.2) is 49.0 Å². The molecular formula is C14H11O2Y-. The average Bonchev–Trinajstić information content (AvgIpc) is 2.35. The Morgan fingerprint density at radius 2 is 1.88 bits per heavy atom. The molecule has 0 saturated heterocycles. The van der Waals surface area contributed by atoms with Crippen LogP contribution in [0.4, 0.5) is 0 Å². The smallest absolute Gasteiger partial charge is 0.147 e. The minimum Gasteiger partial charge on any atom is -0.485 e. The molecule has 0 aromatic heterocycles. The third-order valence-electron chi connectivity index (χ3n) is 2.33. The predicted octanol–water partition coefficient (Wildman–Crippen LogP) is 2.87. The standard InChI is InChI=1S/C14H11O2.Y/c1-2-14(15)16-10-11-7-8-12-5-3-4-6-13(12)9-11;/h3-9H,1,10H2;/q-1;. The molecule has 0 N–H and O–H groups in total. The Balaban J connectivity index is 0.00000144. The maximum Gasteiger partial charge on any atom is 0.147 e. The first kappa shape index (κ1) is 14.1. The van der Waals surface area contributed by atoms with Gasteiger partial charge in [0.25, 0.3) is 0 Å². The first-order chi connectivity index (χ1) is 7.79. The number of carbonyl (C=O) groups is 1. The number of hydrogen-bond acceptors (Lipinski definition) is 2. The molecular weight excluding hydrogens is 289 g/mol. The van der Waals surface area contributed by atoms with E-state index in [1.54, 1.807) is 0 Å². The van der Waals surface area contributed by atoms with Gasteiger partial charge < -0.3 is 10.8 Å². The van der Waals surface area contributed by atoms with Crippen molar-refractivity contribution in [1.82, 2.24) is 0 Å². The summed E-state index contributed by atoms with van der Waals surface area (Å²) >= 11 is 0. The second-order valence-corrected chi connectivity index (χ2v) is 3.43. The zero-order valence-electron chi connectivity index (χ0n) is 9.35. The molecule has 2 aromatic rings. The minimum absolute atomic E-state index is 0. The molecule has 0 spiro atoms. The second-order valence-electron chi connectivity index (χ2n) is 3.43. The zero-order chi connectivity index (χ0) is 11.4. The van der Waals surface area contributed by atoms with Crippen LogP contribution in [0.3, 0.4) is 0 Å². The maximum absolute atomic E-state index is 10.9. The van der Waals surface area contributed by atoms with E-state index in [9.17, 15) is 4.79 Å². The van der Waals surface area contributed by atoms with Crippen LogP contribution in [-0.4, -0.2) is 5.97 Å². The predicted molar refractivity (Wildman–Crippen MR) is 62.6 cm³/mol. The second kappa shape index (κ2) is 6.68. The monoisotopic (exact) mass is 300 g/mol. The summed E-state index contributed by atoms with van der Waals surface area (Å²) in [6.07, 6.45) is 2.16. The molecule has 0 bridgehead atoms. The number of fused-ring (bicyclic) bond motifs is 1. The van der Waals surface area contributed by atoms with Gasteiger partial charge in [0.2, 0.25) is 0 Å². The molecule has 0 saturated carbocycles. The molecule has 0 aliphatic heterocycles. The van der Waals surface area contributed by atoms with Gasteiger partial charge in [-0.2, -0.15) is 0 Å². The first-order valence-electron chi connectivity index (χ1n) is 4.97. The fourth-order valence-electron chi connectivity index (χ4n) is 1.53. The molecule has 0 aliphatic rings. The van der Waals surface area contributed by atoms with E-state index >= 15 is 0 Å². The Hall–Kier alpha value is -0.986. The Morgan fingerprint density at radius 3 is 2.59 bits per heavy atom. The van der Waals surface area contributed by atoms with E-state index in [1.807, 2.05) is 42.5 Å². The van der Waals surface area contributed by atoms with E-state index in [1.165, 1.54) is 5.39 Å². The van der Waals surface area contributed by atoms with Gasteiger partial charge in [-0.05, 0) is 22.4 Å². The number of ether oxygens (including phenoxy) is 1. The Kier molecular flexibility index (Phi) is 5.53. The SMILES string of the molecule is C=[C-]C(=O)OCc1ccc2ccccc2c1.[Y]. The van der Waals surface area contributed by atoms with E-state index in [0.29, 0.717) is 0 Å². The summed E-state index contributed by atoms with van der Waals surface area (Å²) in [6, 6.07) is 14.0. The van der Waals surface area contributed by atoms with Crippen molar-refractivity contribution in [2.45, 2.75) is 6.61 Å². The van der Waals surface area contributed by atoms with Crippen LogP contribution in [0.2, 0.25) is 0 Å². The van der Waals surface area contributed by atoms with E-state index < -0.39 is 5.97 Å². The van der Waals surface area contributed by atoms with Crippen molar-refractivity contribution in [3.63, 3.8) is 0 Å². The Morgan fingerprint density at radius 1 is 1.18 bits per heavy atom. The fourth-order valence-corrected chi connectivity index (χ4v) is 1.53. The number of esters is 1. The number of hydrogen-bond donors (Lipinski definition) is 0. The normalized spacial score (nSPS) is 9.41. The average molecular weight is 300 g/mol. The number of carbonyl (C=O) groups excluding carboxylic acids is 1. The van der Waals surface area contributed by atoms with E-state index in [2.05, 4.69) is 12.7 Å². The summed E-state index contributed by atoms with van der Waals surface area (Å²) in [5.74, 6) is -0.520. The van der Waals surface area contributed by atoms with Gasteiger partial charge in [0.05, 0.1) is 0 Å². The molecule has 0 atom stereocenters. The van der Waals surface area contributed by atoms with Gasteiger partial charge in [-0.1, -0.05) is 36.4 Å². The Labute approximate surface area is 126 Å². The van der Waals surface area contributed by atoms with Crippen LogP contribution < -0.4 is 0 Å². The van der Waals surface area contributed by atoms with Crippen LogP contribution in [-0.2, 0) is 48.8 Å². The van der Waals surface area contributed by atoms with Crippen molar-refractivity contribution in [3.8, 4) is 0 Å². The topological polar surface area (TPSA) is 26.3 Å². The minimum atomic E-state index is -0.520. The first-order valence-corrected chi connectivity index (χ1v) is 4.97. The van der Waals surface area contributed by atoms with Gasteiger partial charge in [-0.25, -0.2) is 0 Å². The number of rotatable bonds is 3. The summed E-state index contributed by atoms with van der Waals surface area (Å²) in [7, 11) is 0. The van der Waals surface area contributed by atoms with Crippen LogP contribution in [0.1, 0.15) is 5.56 Å². The van der Waals surface area contributed by atoms with Gasteiger partial charge in [0.1, 0.15) is 12.6 Å². The van der Waals surface area contributed by atoms with Gasteiger partial charge in [-0.3, -0.25) is 11.4 Å². The van der Waals surface area contributed by atoms with Gasteiger partial charge in [0, 0.05) is 32.7 Å². The quantitative estimate of drug-likeness (QED) is 0.495. The molecule has 0 amide bonds. The molecule has 3 heteroatoms.